The number of rotatable bonds is 2. The lowest BCUT2D eigenvalue weighted by Gasteiger charge is -2.24. The third-order valence-electron chi connectivity index (χ3n) is 4.19. The van der Waals surface area contributed by atoms with E-state index in [0.29, 0.717) is 26.1 Å². The monoisotopic (exact) mass is 284 g/mol. The van der Waals surface area contributed by atoms with E-state index in [4.69, 9.17) is 5.11 Å². The molecule has 0 saturated carbocycles. The van der Waals surface area contributed by atoms with Crippen molar-refractivity contribution in [1.29, 1.82) is 0 Å². The minimum absolute atomic E-state index is 0.0459. The summed E-state index contributed by atoms with van der Waals surface area (Å²) in [5.74, 6) is -1.96. The zero-order chi connectivity index (χ0) is 14.9. The molecule has 20 heavy (non-hydrogen) atoms. The maximum Gasteiger partial charge on any atom is 0.320 e. The maximum absolute atomic E-state index is 12.3. The molecule has 0 bridgehead atoms. The molecule has 7 heteroatoms. The second-order valence-corrected chi connectivity index (χ2v) is 5.56. The SMILES string of the molecule is COC(=O)C1CCN(C(=O)N2C[C@@H](C)[C@H](C(=O)O)C2)C1. The molecular formula is C13H20N2O5. The lowest BCUT2D eigenvalue weighted by atomic mass is 9.99. The van der Waals surface area contributed by atoms with Crippen molar-refractivity contribution in [3.05, 3.63) is 0 Å². The van der Waals surface area contributed by atoms with Crippen LogP contribution in [0.2, 0.25) is 0 Å². The van der Waals surface area contributed by atoms with Gasteiger partial charge in [0.2, 0.25) is 0 Å². The standard InChI is InChI=1S/C13H20N2O5/c1-8-5-15(7-10(8)11(16)17)13(19)14-4-3-9(6-14)12(18)20-2/h8-10H,3-7H2,1-2H3,(H,16,17)/t8-,9?,10-/m1/s1. The summed E-state index contributed by atoms with van der Waals surface area (Å²) in [6, 6.07) is -0.174. The second kappa shape index (κ2) is 5.68. The van der Waals surface area contributed by atoms with Crippen molar-refractivity contribution in [1.82, 2.24) is 9.80 Å². The number of carboxylic acids is 1. The van der Waals surface area contributed by atoms with Crippen LogP contribution < -0.4 is 0 Å². The molecule has 7 nitrogen and oxygen atoms in total. The van der Waals surface area contributed by atoms with Crippen molar-refractivity contribution in [2.24, 2.45) is 17.8 Å². The van der Waals surface area contributed by atoms with E-state index in [1.807, 2.05) is 6.92 Å². The van der Waals surface area contributed by atoms with Crippen LogP contribution >= 0.6 is 0 Å². The number of carbonyl (C=O) groups is 3. The van der Waals surface area contributed by atoms with Crippen LogP contribution in [0, 0.1) is 17.8 Å². The lowest BCUT2D eigenvalue weighted by molar-refractivity contribution is -0.145. The summed E-state index contributed by atoms with van der Waals surface area (Å²) in [6.45, 7) is 3.41. The number of urea groups is 1. The molecule has 0 aromatic heterocycles. The van der Waals surface area contributed by atoms with Crippen molar-refractivity contribution in [3.8, 4) is 0 Å². The van der Waals surface area contributed by atoms with Gasteiger partial charge in [-0.2, -0.15) is 0 Å². The zero-order valence-electron chi connectivity index (χ0n) is 11.7. The van der Waals surface area contributed by atoms with Gasteiger partial charge in [0, 0.05) is 26.2 Å². The maximum atomic E-state index is 12.3. The molecule has 0 aliphatic carbocycles. The first kappa shape index (κ1) is 14.6. The van der Waals surface area contributed by atoms with Crippen LogP contribution in [0.5, 0.6) is 0 Å². The Morgan fingerprint density at radius 3 is 2.40 bits per heavy atom. The smallest absolute Gasteiger partial charge is 0.320 e. The van der Waals surface area contributed by atoms with Crippen LogP contribution in [0.3, 0.4) is 0 Å². The van der Waals surface area contributed by atoms with E-state index in [2.05, 4.69) is 4.74 Å². The molecule has 0 radical (unpaired) electrons. The Bertz CT molecular complexity index is 425. The molecule has 2 aliphatic heterocycles. The van der Waals surface area contributed by atoms with Crippen molar-refractivity contribution < 1.29 is 24.2 Å². The fourth-order valence-corrected chi connectivity index (χ4v) is 2.94. The minimum atomic E-state index is -0.860. The van der Waals surface area contributed by atoms with E-state index in [9.17, 15) is 14.4 Å². The van der Waals surface area contributed by atoms with Gasteiger partial charge in [0.15, 0.2) is 0 Å². The van der Waals surface area contributed by atoms with Gasteiger partial charge >= 0.3 is 18.0 Å². The van der Waals surface area contributed by atoms with E-state index in [1.54, 1.807) is 9.80 Å². The zero-order valence-corrected chi connectivity index (χ0v) is 11.7. The van der Waals surface area contributed by atoms with Gasteiger partial charge in [0.25, 0.3) is 0 Å². The van der Waals surface area contributed by atoms with Gasteiger partial charge in [-0.05, 0) is 12.3 Å². The van der Waals surface area contributed by atoms with Gasteiger partial charge in [-0.25, -0.2) is 4.79 Å². The van der Waals surface area contributed by atoms with Gasteiger partial charge in [0.05, 0.1) is 18.9 Å². The van der Waals surface area contributed by atoms with Crippen LogP contribution in [-0.2, 0) is 14.3 Å². The number of likely N-dealkylation sites (tertiary alicyclic amines) is 2. The van der Waals surface area contributed by atoms with Crippen LogP contribution in [-0.4, -0.2) is 66.2 Å². The summed E-state index contributed by atoms with van der Waals surface area (Å²) in [5.41, 5.74) is 0. The summed E-state index contributed by atoms with van der Waals surface area (Å²) in [4.78, 5) is 38.0. The third kappa shape index (κ3) is 2.71. The lowest BCUT2D eigenvalue weighted by Crippen LogP contribution is -2.41. The molecule has 2 amide bonds. The molecule has 1 N–H and O–H groups in total. The van der Waals surface area contributed by atoms with Gasteiger partial charge in [0.1, 0.15) is 0 Å². The highest BCUT2D eigenvalue weighted by Gasteiger charge is 2.40. The van der Waals surface area contributed by atoms with Gasteiger partial charge in [-0.15, -0.1) is 0 Å². The Balaban J connectivity index is 1.93. The first-order chi connectivity index (χ1) is 9.43. The van der Waals surface area contributed by atoms with Crippen LogP contribution in [0.25, 0.3) is 0 Å². The van der Waals surface area contributed by atoms with Crippen molar-refractivity contribution in [3.63, 3.8) is 0 Å². The fourth-order valence-electron chi connectivity index (χ4n) is 2.94. The van der Waals surface area contributed by atoms with Crippen molar-refractivity contribution in [2.75, 3.05) is 33.3 Å². The van der Waals surface area contributed by atoms with Gasteiger partial charge in [-0.1, -0.05) is 6.92 Å². The average Bonchev–Trinajstić information content (AvgIpc) is 3.03. The van der Waals surface area contributed by atoms with Crippen LogP contribution in [0.1, 0.15) is 13.3 Å². The number of methoxy groups -OCH3 is 1. The summed E-state index contributed by atoms with van der Waals surface area (Å²) in [7, 11) is 1.34. The topological polar surface area (TPSA) is 87.2 Å². The number of carbonyl (C=O) groups excluding carboxylic acids is 2. The number of hydrogen-bond acceptors (Lipinski definition) is 4. The largest absolute Gasteiger partial charge is 0.481 e. The predicted octanol–water partition coefficient (Wildman–Crippen LogP) is 0.254. The molecule has 2 saturated heterocycles. The number of aliphatic carboxylic acids is 1. The van der Waals surface area contributed by atoms with E-state index < -0.39 is 11.9 Å². The fraction of sp³-hybridized carbons (Fsp3) is 0.769. The van der Waals surface area contributed by atoms with Crippen molar-refractivity contribution in [2.45, 2.75) is 13.3 Å². The Morgan fingerprint density at radius 2 is 1.85 bits per heavy atom. The highest BCUT2D eigenvalue weighted by atomic mass is 16.5. The Labute approximate surface area is 117 Å². The first-order valence-corrected chi connectivity index (χ1v) is 6.78. The Hall–Kier alpha value is -1.79. The second-order valence-electron chi connectivity index (χ2n) is 5.56. The number of carboxylic acid groups (broad SMARTS) is 1. The summed E-state index contributed by atoms with van der Waals surface area (Å²) >= 11 is 0. The van der Waals surface area contributed by atoms with Gasteiger partial charge in [-0.3, -0.25) is 9.59 Å². The minimum Gasteiger partial charge on any atom is -0.481 e. The molecule has 0 aromatic rings. The summed E-state index contributed by atoms with van der Waals surface area (Å²) < 4.78 is 4.69. The highest BCUT2D eigenvalue weighted by Crippen LogP contribution is 2.26. The predicted molar refractivity (Wildman–Crippen MR) is 69.0 cm³/mol. The summed E-state index contributed by atoms with van der Waals surface area (Å²) in [6.07, 6.45) is 0.601. The number of amides is 2. The van der Waals surface area contributed by atoms with E-state index in [1.165, 1.54) is 7.11 Å². The molecule has 2 heterocycles. The normalized spacial score (nSPS) is 29.6. The number of esters is 1. The number of hydrogen-bond donors (Lipinski definition) is 1. The molecule has 1 unspecified atom stereocenters. The van der Waals surface area contributed by atoms with Crippen molar-refractivity contribution >= 4 is 18.0 Å². The number of nitrogens with zero attached hydrogens (tertiary/aromatic N) is 2. The van der Waals surface area contributed by atoms with Crippen LogP contribution in [0.15, 0.2) is 0 Å². The van der Waals surface area contributed by atoms with E-state index >= 15 is 0 Å². The molecule has 112 valence electrons. The first-order valence-electron chi connectivity index (χ1n) is 6.78. The number of ether oxygens (including phenoxy) is 1. The molecule has 0 spiro atoms. The molecule has 3 atom stereocenters. The quantitative estimate of drug-likeness (QED) is 0.735. The van der Waals surface area contributed by atoms with Gasteiger partial charge < -0.3 is 19.6 Å². The highest BCUT2D eigenvalue weighted by molar-refractivity contribution is 5.80. The average molecular weight is 284 g/mol. The molecule has 0 aromatic carbocycles. The van der Waals surface area contributed by atoms with Crippen LogP contribution in [0.4, 0.5) is 4.79 Å². The van der Waals surface area contributed by atoms with E-state index in [-0.39, 0.29) is 30.4 Å². The molecule has 2 aliphatic rings. The third-order valence-corrected chi connectivity index (χ3v) is 4.19. The molecule has 2 fully saturated rings. The van der Waals surface area contributed by atoms with E-state index in [0.717, 1.165) is 0 Å². The Morgan fingerprint density at radius 1 is 1.15 bits per heavy atom. The molecular weight excluding hydrogens is 264 g/mol. The molecule has 2 rings (SSSR count). The Kier molecular flexibility index (Phi) is 4.15. The summed E-state index contributed by atoms with van der Waals surface area (Å²) in [5, 5.41) is 9.08.